The molecule has 0 bridgehead atoms. The summed E-state index contributed by atoms with van der Waals surface area (Å²) in [5, 5.41) is 0. The van der Waals surface area contributed by atoms with Crippen molar-refractivity contribution in [2.75, 3.05) is 20.1 Å². The number of rotatable bonds is 8. The molecule has 5 rings (SSSR count). The van der Waals surface area contributed by atoms with Gasteiger partial charge in [0.15, 0.2) is 0 Å². The van der Waals surface area contributed by atoms with E-state index in [2.05, 4.69) is 22.0 Å². The van der Waals surface area contributed by atoms with Crippen LogP contribution in [0.2, 0.25) is 0 Å². The van der Waals surface area contributed by atoms with Crippen LogP contribution in [0.15, 0.2) is 75.1 Å². The number of hydrogen-bond acceptors (Lipinski definition) is 5. The third-order valence-corrected chi connectivity index (χ3v) is 9.73. The minimum absolute atomic E-state index is 0.0538. The first-order valence-corrected chi connectivity index (χ1v) is 14.9. The molecule has 0 unspecified atom stereocenters. The van der Waals surface area contributed by atoms with E-state index in [9.17, 15) is 18.0 Å². The van der Waals surface area contributed by atoms with Crippen molar-refractivity contribution in [2.45, 2.75) is 57.3 Å². The lowest BCUT2D eigenvalue weighted by Crippen LogP contribution is -2.45. The number of piperidine rings is 1. The fourth-order valence-electron chi connectivity index (χ4n) is 5.48. The lowest BCUT2D eigenvalue weighted by atomic mass is 10.0. The van der Waals surface area contributed by atoms with Gasteiger partial charge in [-0.3, -0.25) is 18.8 Å². The molecule has 39 heavy (non-hydrogen) atoms. The van der Waals surface area contributed by atoms with Gasteiger partial charge in [0.25, 0.3) is 5.56 Å². The number of nitrogens with zero attached hydrogens (tertiary/aromatic N) is 4. The lowest BCUT2D eigenvalue weighted by Gasteiger charge is -2.36. The number of sulfonamides is 1. The van der Waals surface area contributed by atoms with E-state index < -0.39 is 10.0 Å². The van der Waals surface area contributed by atoms with Crippen molar-refractivity contribution in [3.05, 3.63) is 87.1 Å². The molecule has 1 saturated heterocycles. The van der Waals surface area contributed by atoms with Gasteiger partial charge in [-0.05, 0) is 56.0 Å². The van der Waals surface area contributed by atoms with Crippen molar-refractivity contribution in [1.82, 2.24) is 23.3 Å². The molecule has 1 N–H and O–H groups in total. The molecule has 1 aliphatic heterocycles. The highest BCUT2D eigenvalue weighted by molar-refractivity contribution is 7.89. The quantitative estimate of drug-likeness (QED) is 0.363. The highest BCUT2D eigenvalue weighted by Crippen LogP contribution is 2.27. The van der Waals surface area contributed by atoms with E-state index in [1.807, 2.05) is 25.1 Å². The zero-order valence-electron chi connectivity index (χ0n) is 22.6. The van der Waals surface area contributed by atoms with Gasteiger partial charge in [0.2, 0.25) is 10.0 Å². The Morgan fingerprint density at radius 3 is 2.18 bits per heavy atom. The van der Waals surface area contributed by atoms with Gasteiger partial charge in [0, 0.05) is 51.5 Å². The highest BCUT2D eigenvalue weighted by Gasteiger charge is 2.31. The number of aryl methyl sites for hydroxylation is 1. The van der Waals surface area contributed by atoms with Crippen LogP contribution < -0.4 is 11.2 Å². The topological polar surface area (TPSA) is 100 Å². The first kappa shape index (κ1) is 27.1. The van der Waals surface area contributed by atoms with Crippen LogP contribution in [0.25, 0.3) is 22.3 Å². The smallest absolute Gasteiger partial charge is 0.331 e. The van der Waals surface area contributed by atoms with Crippen LogP contribution in [-0.2, 0) is 29.7 Å². The van der Waals surface area contributed by atoms with Crippen molar-refractivity contribution in [1.29, 1.82) is 0 Å². The van der Waals surface area contributed by atoms with Crippen molar-refractivity contribution >= 4 is 21.1 Å². The van der Waals surface area contributed by atoms with Gasteiger partial charge < -0.3 is 4.98 Å². The van der Waals surface area contributed by atoms with Crippen LogP contribution in [0, 0.1) is 0 Å². The molecule has 1 fully saturated rings. The summed E-state index contributed by atoms with van der Waals surface area (Å²) in [4.78, 5) is 31.3. The van der Waals surface area contributed by atoms with Gasteiger partial charge in [-0.25, -0.2) is 13.2 Å². The van der Waals surface area contributed by atoms with Gasteiger partial charge in [-0.2, -0.15) is 4.31 Å². The Balaban J connectivity index is 1.33. The average Bonchev–Trinajstić information content (AvgIpc) is 3.40. The van der Waals surface area contributed by atoms with Crippen molar-refractivity contribution in [3.63, 3.8) is 0 Å². The number of aromatic nitrogens is 3. The van der Waals surface area contributed by atoms with Crippen molar-refractivity contribution in [2.24, 2.45) is 0 Å². The molecular weight excluding hydrogens is 514 g/mol. The van der Waals surface area contributed by atoms with Crippen LogP contribution in [0.5, 0.6) is 0 Å². The van der Waals surface area contributed by atoms with Gasteiger partial charge in [0.1, 0.15) is 5.52 Å². The SMILES string of the molecule is CCn1c(=O)c2[nH]c(-c3ccc(S(=O)(=O)N(C)C4CCN(Cc5ccccc5)CC4)cc3)cc2n(CC)c1=O. The third kappa shape index (κ3) is 5.11. The molecule has 10 heteroatoms. The molecule has 0 amide bonds. The number of likely N-dealkylation sites (tertiary alicyclic amines) is 1. The first-order chi connectivity index (χ1) is 18.7. The van der Waals surface area contributed by atoms with Crippen molar-refractivity contribution < 1.29 is 8.42 Å². The standard InChI is InChI=1S/C29H35N5O4S/c1-4-33-26-19-25(30-27(26)28(35)34(5-2)29(33)36)22-11-13-24(14-12-22)39(37,38)31(3)23-15-17-32(18-16-23)20-21-9-7-6-8-10-21/h6-14,19,23,30H,4-5,15-18,20H2,1-3H3. The second kappa shape index (κ2) is 11.0. The first-order valence-electron chi connectivity index (χ1n) is 13.5. The van der Waals surface area contributed by atoms with Crippen LogP contribution in [0.1, 0.15) is 32.3 Å². The normalized spacial score (nSPS) is 15.4. The number of H-pyrrole nitrogens is 1. The van der Waals surface area contributed by atoms with E-state index >= 15 is 0 Å². The predicted molar refractivity (Wildman–Crippen MR) is 153 cm³/mol. The van der Waals surface area contributed by atoms with Gasteiger partial charge in [0.05, 0.1) is 10.4 Å². The summed E-state index contributed by atoms with van der Waals surface area (Å²) in [5.41, 5.74) is 2.87. The predicted octanol–water partition coefficient (Wildman–Crippen LogP) is 3.48. The Bertz CT molecular complexity index is 1680. The number of fused-ring (bicyclic) bond motifs is 1. The highest BCUT2D eigenvalue weighted by atomic mass is 32.2. The second-order valence-corrected chi connectivity index (χ2v) is 12.1. The summed E-state index contributed by atoms with van der Waals surface area (Å²) < 4.78 is 31.2. The van der Waals surface area contributed by atoms with E-state index in [4.69, 9.17) is 0 Å². The van der Waals surface area contributed by atoms with E-state index in [1.54, 1.807) is 48.9 Å². The molecule has 206 valence electrons. The fourth-order valence-corrected chi connectivity index (χ4v) is 6.90. The Morgan fingerprint density at radius 2 is 1.56 bits per heavy atom. The molecule has 4 aromatic rings. The minimum atomic E-state index is -3.66. The van der Waals surface area contributed by atoms with Gasteiger partial charge in [-0.1, -0.05) is 42.5 Å². The van der Waals surface area contributed by atoms with E-state index in [-0.39, 0.29) is 28.7 Å². The maximum absolute atomic E-state index is 13.5. The molecule has 0 radical (unpaired) electrons. The van der Waals surface area contributed by atoms with E-state index in [0.29, 0.717) is 23.3 Å². The second-order valence-electron chi connectivity index (χ2n) is 10.1. The fraction of sp³-hybridized carbons (Fsp3) is 0.379. The summed E-state index contributed by atoms with van der Waals surface area (Å²) in [5.74, 6) is 0. The third-order valence-electron chi connectivity index (χ3n) is 7.80. The molecule has 3 heterocycles. The summed E-state index contributed by atoms with van der Waals surface area (Å²) >= 11 is 0. The summed E-state index contributed by atoms with van der Waals surface area (Å²) in [6.07, 6.45) is 1.56. The van der Waals surface area contributed by atoms with E-state index in [1.165, 1.54) is 14.4 Å². The molecule has 2 aromatic heterocycles. The van der Waals surface area contributed by atoms with Crippen LogP contribution >= 0.6 is 0 Å². The van der Waals surface area contributed by atoms with Gasteiger partial charge in [-0.15, -0.1) is 0 Å². The zero-order chi connectivity index (χ0) is 27.7. The molecule has 0 saturated carbocycles. The maximum Gasteiger partial charge on any atom is 0.331 e. The summed E-state index contributed by atoms with van der Waals surface area (Å²) in [6, 6.07) is 18.7. The number of aromatic amines is 1. The number of nitrogens with one attached hydrogen (secondary N) is 1. The van der Waals surface area contributed by atoms with Crippen LogP contribution in [0.4, 0.5) is 0 Å². The van der Waals surface area contributed by atoms with Crippen LogP contribution in [-0.4, -0.2) is 57.9 Å². The summed E-state index contributed by atoms with van der Waals surface area (Å²) in [6.45, 7) is 6.92. The lowest BCUT2D eigenvalue weighted by molar-refractivity contribution is 0.164. The monoisotopic (exact) mass is 549 g/mol. The molecular formula is C29H35N5O4S. The minimum Gasteiger partial charge on any atom is -0.349 e. The van der Waals surface area contributed by atoms with Gasteiger partial charge >= 0.3 is 5.69 Å². The van der Waals surface area contributed by atoms with E-state index in [0.717, 1.165) is 38.0 Å². The maximum atomic E-state index is 13.5. The van der Waals surface area contributed by atoms with Crippen molar-refractivity contribution in [3.8, 4) is 11.3 Å². The Kier molecular flexibility index (Phi) is 7.61. The zero-order valence-corrected chi connectivity index (χ0v) is 23.4. The number of benzene rings is 2. The molecule has 1 aliphatic rings. The average molecular weight is 550 g/mol. The molecule has 2 aromatic carbocycles. The molecule has 0 spiro atoms. The van der Waals surface area contributed by atoms with Crippen LogP contribution in [0.3, 0.4) is 0 Å². The Morgan fingerprint density at radius 1 is 0.923 bits per heavy atom. The molecule has 0 atom stereocenters. The Hall–Kier alpha value is -3.47. The molecule has 0 aliphatic carbocycles. The molecule has 9 nitrogen and oxygen atoms in total. The Labute approximate surface area is 228 Å². The number of hydrogen-bond donors (Lipinski definition) is 1. The summed E-state index contributed by atoms with van der Waals surface area (Å²) in [7, 11) is -2.00. The largest absolute Gasteiger partial charge is 0.349 e.